The molecule has 4 aromatic rings. The van der Waals surface area contributed by atoms with Crippen molar-refractivity contribution < 1.29 is 0 Å². The highest BCUT2D eigenvalue weighted by molar-refractivity contribution is 6.69. The fraction of sp³-hybridized carbons (Fsp3) is 0. The largest absolute Gasteiger partial charge is 0.355 e. The van der Waals surface area contributed by atoms with Crippen molar-refractivity contribution in [2.45, 2.75) is 0 Å². The van der Waals surface area contributed by atoms with E-state index >= 15 is 0 Å². The molecule has 0 atom stereocenters. The Kier molecular flexibility index (Phi) is 2.60. The summed E-state index contributed by atoms with van der Waals surface area (Å²) in [7, 11) is 0.963. The van der Waals surface area contributed by atoms with Crippen molar-refractivity contribution in [3.63, 3.8) is 0 Å². The number of H-pyrrole nitrogens is 1. The summed E-state index contributed by atoms with van der Waals surface area (Å²) >= 11 is 0. The molecule has 1 aromatic heterocycles. The Hall–Kier alpha value is -2.48. The van der Waals surface area contributed by atoms with Gasteiger partial charge in [0, 0.05) is 21.8 Å². The number of aromatic amines is 1. The van der Waals surface area contributed by atoms with Crippen LogP contribution in [0.25, 0.3) is 21.8 Å². The molecule has 0 fully saturated rings. The van der Waals surface area contributed by atoms with Crippen LogP contribution in [0.15, 0.2) is 72.8 Å². The third-order valence-corrected chi connectivity index (χ3v) is 3.87. The average molecular weight is 255 g/mol. The molecule has 0 aliphatic rings. The van der Waals surface area contributed by atoms with E-state index in [1.165, 1.54) is 32.7 Å². The van der Waals surface area contributed by atoms with Gasteiger partial charge < -0.3 is 4.98 Å². The zero-order valence-electron chi connectivity index (χ0n) is 11.1. The molecule has 3 aromatic carbocycles. The average Bonchev–Trinajstić information content (AvgIpc) is 2.88. The van der Waals surface area contributed by atoms with Crippen molar-refractivity contribution in [3.05, 3.63) is 72.8 Å². The van der Waals surface area contributed by atoms with E-state index in [1.807, 2.05) is 0 Å². The molecule has 1 N–H and O–H groups in total. The maximum atomic E-state index is 3.57. The molecule has 20 heavy (non-hydrogen) atoms. The second kappa shape index (κ2) is 4.57. The lowest BCUT2D eigenvalue weighted by Crippen LogP contribution is -2.27. The number of benzene rings is 3. The summed E-state index contributed by atoms with van der Waals surface area (Å²) in [6.45, 7) is 0. The number of hydrogen-bond donors (Lipinski definition) is 1. The van der Waals surface area contributed by atoms with E-state index in [1.54, 1.807) is 0 Å². The van der Waals surface area contributed by atoms with Crippen LogP contribution >= 0.6 is 0 Å². The zero-order valence-corrected chi connectivity index (χ0v) is 11.1. The standard InChI is InChI=1S/C18H14BN/c1-2-7-13(8-3-1)19-16-11-6-10-15-14-9-4-5-12-17(14)20-18(15)16/h1-12,19-20H. The SMILES string of the molecule is B(c1ccccc1)c1cccc2c1[nH]c1ccccc12. The van der Waals surface area contributed by atoms with Gasteiger partial charge in [-0.25, -0.2) is 0 Å². The van der Waals surface area contributed by atoms with Crippen LogP contribution in [0.5, 0.6) is 0 Å². The summed E-state index contributed by atoms with van der Waals surface area (Å²) in [4.78, 5) is 3.57. The number of rotatable bonds is 2. The molecule has 94 valence electrons. The summed E-state index contributed by atoms with van der Waals surface area (Å²) in [5, 5.41) is 2.62. The Morgan fingerprint density at radius 1 is 0.650 bits per heavy atom. The molecule has 0 aliphatic carbocycles. The number of hydrogen-bond acceptors (Lipinski definition) is 0. The van der Waals surface area contributed by atoms with Gasteiger partial charge in [-0.1, -0.05) is 77.7 Å². The van der Waals surface area contributed by atoms with E-state index in [-0.39, 0.29) is 0 Å². The van der Waals surface area contributed by atoms with E-state index in [0.717, 1.165) is 7.28 Å². The highest BCUT2D eigenvalue weighted by Gasteiger charge is 2.08. The summed E-state index contributed by atoms with van der Waals surface area (Å²) in [6.07, 6.45) is 0. The van der Waals surface area contributed by atoms with Crippen LogP contribution in [0, 0.1) is 0 Å². The Balaban J connectivity index is 1.91. The van der Waals surface area contributed by atoms with Crippen LogP contribution < -0.4 is 10.9 Å². The van der Waals surface area contributed by atoms with E-state index in [2.05, 4.69) is 77.8 Å². The molecule has 0 amide bonds. The Morgan fingerprint density at radius 2 is 1.40 bits per heavy atom. The van der Waals surface area contributed by atoms with Crippen molar-refractivity contribution in [1.29, 1.82) is 0 Å². The molecule has 0 saturated heterocycles. The molecule has 0 saturated carbocycles. The van der Waals surface area contributed by atoms with Gasteiger partial charge in [0.15, 0.2) is 7.28 Å². The zero-order chi connectivity index (χ0) is 13.4. The molecular weight excluding hydrogens is 241 g/mol. The van der Waals surface area contributed by atoms with Crippen molar-refractivity contribution in [2.75, 3.05) is 0 Å². The third-order valence-electron chi connectivity index (χ3n) is 3.87. The quantitative estimate of drug-likeness (QED) is 0.530. The number of fused-ring (bicyclic) bond motifs is 3. The first-order valence-corrected chi connectivity index (χ1v) is 6.94. The van der Waals surface area contributed by atoms with Crippen LogP contribution in [0.2, 0.25) is 0 Å². The van der Waals surface area contributed by atoms with Gasteiger partial charge in [-0.15, -0.1) is 0 Å². The molecule has 0 radical (unpaired) electrons. The minimum absolute atomic E-state index is 0.963. The van der Waals surface area contributed by atoms with Gasteiger partial charge in [0.2, 0.25) is 0 Å². The van der Waals surface area contributed by atoms with Gasteiger partial charge in [0.25, 0.3) is 0 Å². The summed E-state index contributed by atoms with van der Waals surface area (Å²) in [5.41, 5.74) is 5.17. The molecule has 0 spiro atoms. The van der Waals surface area contributed by atoms with Gasteiger partial charge in [-0.05, 0) is 6.07 Å². The second-order valence-corrected chi connectivity index (χ2v) is 5.17. The monoisotopic (exact) mass is 255 g/mol. The van der Waals surface area contributed by atoms with Gasteiger partial charge in [0.1, 0.15) is 0 Å². The fourth-order valence-corrected chi connectivity index (χ4v) is 2.90. The van der Waals surface area contributed by atoms with Gasteiger partial charge in [-0.2, -0.15) is 0 Å². The molecule has 0 bridgehead atoms. The van der Waals surface area contributed by atoms with Crippen LogP contribution in [0.3, 0.4) is 0 Å². The first kappa shape index (κ1) is 11.4. The predicted octanol–water partition coefficient (Wildman–Crippen LogP) is 2.71. The smallest absolute Gasteiger partial charge is 0.195 e. The maximum Gasteiger partial charge on any atom is 0.195 e. The lowest BCUT2D eigenvalue weighted by molar-refractivity contribution is 1.56. The molecule has 4 rings (SSSR count). The summed E-state index contributed by atoms with van der Waals surface area (Å²) in [6, 6.07) is 25.7. The highest BCUT2D eigenvalue weighted by atomic mass is 14.7. The van der Waals surface area contributed by atoms with Crippen LogP contribution in [-0.2, 0) is 0 Å². The minimum Gasteiger partial charge on any atom is -0.355 e. The summed E-state index contributed by atoms with van der Waals surface area (Å²) < 4.78 is 0. The third kappa shape index (κ3) is 1.81. The first-order valence-electron chi connectivity index (χ1n) is 6.94. The lowest BCUT2D eigenvalue weighted by Gasteiger charge is -2.02. The minimum atomic E-state index is 0.963. The van der Waals surface area contributed by atoms with Crippen molar-refractivity contribution in [3.8, 4) is 0 Å². The van der Waals surface area contributed by atoms with Crippen LogP contribution in [-0.4, -0.2) is 12.3 Å². The van der Waals surface area contributed by atoms with Crippen molar-refractivity contribution in [2.24, 2.45) is 0 Å². The van der Waals surface area contributed by atoms with Crippen LogP contribution in [0.4, 0.5) is 0 Å². The van der Waals surface area contributed by atoms with Gasteiger partial charge in [-0.3, -0.25) is 0 Å². The molecule has 2 heteroatoms. The van der Waals surface area contributed by atoms with Crippen molar-refractivity contribution in [1.82, 2.24) is 4.98 Å². The number of aromatic nitrogens is 1. The maximum absolute atomic E-state index is 3.57. The van der Waals surface area contributed by atoms with E-state index in [4.69, 9.17) is 0 Å². The van der Waals surface area contributed by atoms with E-state index in [0.29, 0.717) is 0 Å². The molecule has 0 aliphatic heterocycles. The normalized spacial score (nSPS) is 11.0. The summed E-state index contributed by atoms with van der Waals surface area (Å²) in [5.74, 6) is 0. The lowest BCUT2D eigenvalue weighted by atomic mass is 9.63. The van der Waals surface area contributed by atoms with Crippen LogP contribution in [0.1, 0.15) is 0 Å². The Morgan fingerprint density at radius 3 is 2.30 bits per heavy atom. The van der Waals surface area contributed by atoms with Gasteiger partial charge >= 0.3 is 0 Å². The number of nitrogens with one attached hydrogen (secondary N) is 1. The molecule has 0 unspecified atom stereocenters. The van der Waals surface area contributed by atoms with E-state index < -0.39 is 0 Å². The molecular formula is C18H14BN. The second-order valence-electron chi connectivity index (χ2n) is 5.17. The van der Waals surface area contributed by atoms with Gasteiger partial charge in [0.05, 0.1) is 0 Å². The Labute approximate surface area is 118 Å². The highest BCUT2D eigenvalue weighted by Crippen LogP contribution is 2.23. The fourth-order valence-electron chi connectivity index (χ4n) is 2.90. The molecule has 1 heterocycles. The predicted molar refractivity (Wildman–Crippen MR) is 88.7 cm³/mol. The topological polar surface area (TPSA) is 15.8 Å². The Bertz CT molecular complexity index is 878. The molecule has 1 nitrogen and oxygen atoms in total. The number of para-hydroxylation sites is 2. The van der Waals surface area contributed by atoms with Crippen molar-refractivity contribution >= 4 is 40.0 Å². The first-order chi connectivity index (χ1) is 9.92. The van der Waals surface area contributed by atoms with E-state index in [9.17, 15) is 0 Å².